The SMILES string of the molecule is CC(C)S(=O)(=O)NCC(C)(O)c1ccc(-c2ccc(CCNS(C)(=O)=O)cc2)cc1. The minimum atomic E-state index is -3.46. The molecule has 0 fully saturated rings. The molecule has 7 nitrogen and oxygen atoms in total. The van der Waals surface area contributed by atoms with Gasteiger partial charge < -0.3 is 5.11 Å². The van der Waals surface area contributed by atoms with Crippen LogP contribution < -0.4 is 9.44 Å². The maximum atomic E-state index is 11.9. The van der Waals surface area contributed by atoms with Gasteiger partial charge in [-0.25, -0.2) is 26.3 Å². The Balaban J connectivity index is 2.04. The molecule has 0 radical (unpaired) electrons. The second-order valence-electron chi connectivity index (χ2n) is 7.88. The molecule has 0 aliphatic rings. The summed E-state index contributed by atoms with van der Waals surface area (Å²) in [5.41, 5.74) is 2.24. The second kappa shape index (κ2) is 9.57. The zero-order chi connectivity index (χ0) is 22.6. The largest absolute Gasteiger partial charge is 0.384 e. The van der Waals surface area contributed by atoms with Crippen molar-refractivity contribution in [3.8, 4) is 11.1 Å². The van der Waals surface area contributed by atoms with Crippen LogP contribution in [0.15, 0.2) is 48.5 Å². The van der Waals surface area contributed by atoms with E-state index in [-0.39, 0.29) is 6.54 Å². The minimum absolute atomic E-state index is 0.108. The van der Waals surface area contributed by atoms with Gasteiger partial charge in [0.25, 0.3) is 0 Å². The second-order valence-corrected chi connectivity index (χ2v) is 12.0. The molecule has 0 aliphatic carbocycles. The maximum absolute atomic E-state index is 11.9. The summed E-state index contributed by atoms with van der Waals surface area (Å²) < 4.78 is 51.0. The molecule has 0 aromatic heterocycles. The minimum Gasteiger partial charge on any atom is -0.384 e. The fourth-order valence-electron chi connectivity index (χ4n) is 2.78. The van der Waals surface area contributed by atoms with Crippen LogP contribution in [-0.4, -0.2) is 46.5 Å². The highest BCUT2D eigenvalue weighted by Gasteiger charge is 2.26. The summed E-state index contributed by atoms with van der Waals surface area (Å²) in [5, 5.41) is 10.1. The molecule has 166 valence electrons. The molecule has 0 amide bonds. The van der Waals surface area contributed by atoms with Gasteiger partial charge in [-0.2, -0.15) is 0 Å². The zero-order valence-corrected chi connectivity index (χ0v) is 19.3. The van der Waals surface area contributed by atoms with Crippen molar-refractivity contribution >= 4 is 20.0 Å². The highest BCUT2D eigenvalue weighted by atomic mass is 32.2. The molecular weight excluding hydrogens is 424 g/mol. The molecule has 0 aliphatic heterocycles. The van der Waals surface area contributed by atoms with Crippen LogP contribution in [0.3, 0.4) is 0 Å². The lowest BCUT2D eigenvalue weighted by atomic mass is 9.93. The van der Waals surface area contributed by atoms with Gasteiger partial charge in [-0.1, -0.05) is 48.5 Å². The quantitative estimate of drug-likeness (QED) is 0.508. The predicted octanol–water partition coefficient (Wildman–Crippen LogP) is 1.98. The van der Waals surface area contributed by atoms with Crippen LogP contribution in [0.25, 0.3) is 11.1 Å². The molecule has 2 aromatic rings. The zero-order valence-electron chi connectivity index (χ0n) is 17.7. The summed E-state index contributed by atoms with van der Waals surface area (Å²) >= 11 is 0. The number of sulfonamides is 2. The normalized spacial score (nSPS) is 14.6. The first-order valence-corrected chi connectivity index (χ1v) is 13.1. The Kier molecular flexibility index (Phi) is 7.81. The van der Waals surface area contributed by atoms with E-state index in [1.54, 1.807) is 32.9 Å². The van der Waals surface area contributed by atoms with Gasteiger partial charge >= 0.3 is 0 Å². The van der Waals surface area contributed by atoms with Crippen LogP contribution >= 0.6 is 0 Å². The molecule has 0 saturated heterocycles. The van der Waals surface area contributed by atoms with Crippen LogP contribution in [0.4, 0.5) is 0 Å². The molecule has 0 saturated carbocycles. The van der Waals surface area contributed by atoms with E-state index in [0.717, 1.165) is 22.9 Å². The van der Waals surface area contributed by atoms with E-state index in [0.29, 0.717) is 18.5 Å². The third-order valence-electron chi connectivity index (χ3n) is 4.81. The third kappa shape index (κ3) is 7.17. The van der Waals surface area contributed by atoms with Crippen molar-refractivity contribution in [2.45, 2.75) is 38.0 Å². The van der Waals surface area contributed by atoms with E-state index in [1.807, 2.05) is 36.4 Å². The topological polar surface area (TPSA) is 113 Å². The lowest BCUT2D eigenvalue weighted by Crippen LogP contribution is -2.41. The first-order valence-electron chi connectivity index (χ1n) is 9.65. The number of nitrogens with one attached hydrogen (secondary N) is 2. The molecule has 0 spiro atoms. The smallest absolute Gasteiger partial charge is 0.214 e. The van der Waals surface area contributed by atoms with Crippen LogP contribution in [-0.2, 0) is 32.1 Å². The van der Waals surface area contributed by atoms with Gasteiger partial charge in [0.05, 0.1) is 11.5 Å². The summed E-state index contributed by atoms with van der Waals surface area (Å²) in [6.07, 6.45) is 1.73. The van der Waals surface area contributed by atoms with Crippen molar-refractivity contribution in [1.82, 2.24) is 9.44 Å². The van der Waals surface area contributed by atoms with Gasteiger partial charge in [-0.15, -0.1) is 0 Å². The Morgan fingerprint density at radius 2 is 1.40 bits per heavy atom. The van der Waals surface area contributed by atoms with E-state index in [4.69, 9.17) is 0 Å². The van der Waals surface area contributed by atoms with Crippen molar-refractivity contribution < 1.29 is 21.9 Å². The van der Waals surface area contributed by atoms with Gasteiger partial charge in [0.1, 0.15) is 5.60 Å². The highest BCUT2D eigenvalue weighted by molar-refractivity contribution is 7.90. The third-order valence-corrected chi connectivity index (χ3v) is 7.33. The molecule has 0 bridgehead atoms. The predicted molar refractivity (Wildman–Crippen MR) is 120 cm³/mol. The van der Waals surface area contributed by atoms with E-state index in [9.17, 15) is 21.9 Å². The van der Waals surface area contributed by atoms with E-state index in [2.05, 4.69) is 9.44 Å². The van der Waals surface area contributed by atoms with Crippen molar-refractivity contribution in [3.05, 3.63) is 59.7 Å². The van der Waals surface area contributed by atoms with Crippen molar-refractivity contribution in [3.63, 3.8) is 0 Å². The fraction of sp³-hybridized carbons (Fsp3) is 0.429. The van der Waals surface area contributed by atoms with Crippen LogP contribution in [0, 0.1) is 0 Å². The molecule has 2 aromatic carbocycles. The number of benzene rings is 2. The number of hydrogen-bond acceptors (Lipinski definition) is 5. The van der Waals surface area contributed by atoms with E-state index >= 15 is 0 Å². The molecule has 3 N–H and O–H groups in total. The summed E-state index contributed by atoms with van der Waals surface area (Å²) in [6.45, 7) is 4.98. The van der Waals surface area contributed by atoms with Gasteiger partial charge in [-0.05, 0) is 49.4 Å². The highest BCUT2D eigenvalue weighted by Crippen LogP contribution is 2.25. The monoisotopic (exact) mass is 454 g/mol. The Labute approximate surface area is 179 Å². The molecule has 1 unspecified atom stereocenters. The summed E-state index contributed by atoms with van der Waals surface area (Å²) in [6, 6.07) is 15.1. The average Bonchev–Trinajstić information content (AvgIpc) is 2.66. The summed E-state index contributed by atoms with van der Waals surface area (Å²) in [4.78, 5) is 0. The Morgan fingerprint density at radius 3 is 1.87 bits per heavy atom. The average molecular weight is 455 g/mol. The number of rotatable bonds is 10. The lowest BCUT2D eigenvalue weighted by molar-refractivity contribution is 0.0627. The molecular formula is C21H30N2O5S2. The molecule has 9 heteroatoms. The Morgan fingerprint density at radius 1 is 0.900 bits per heavy atom. The summed E-state index contributed by atoms with van der Waals surface area (Å²) in [5.74, 6) is 0. The van der Waals surface area contributed by atoms with E-state index in [1.165, 1.54) is 0 Å². The van der Waals surface area contributed by atoms with Crippen LogP contribution in [0.2, 0.25) is 0 Å². The van der Waals surface area contributed by atoms with Gasteiger partial charge in [0.15, 0.2) is 0 Å². The van der Waals surface area contributed by atoms with E-state index < -0.39 is 30.9 Å². The Hall–Kier alpha value is -1.78. The molecule has 1 atom stereocenters. The van der Waals surface area contributed by atoms with Crippen LogP contribution in [0.1, 0.15) is 31.9 Å². The standard InChI is InChI=1S/C21H30N2O5S2/c1-16(2)30(27,28)23-15-21(3,24)20-11-9-19(10-12-20)18-7-5-17(6-8-18)13-14-22-29(4,25)26/h5-12,16,22-24H,13-15H2,1-4H3. The Bertz CT molecular complexity index is 1040. The van der Waals surface area contributed by atoms with Gasteiger partial charge in [-0.3, -0.25) is 0 Å². The molecule has 2 rings (SSSR count). The number of hydrogen-bond donors (Lipinski definition) is 3. The molecule has 30 heavy (non-hydrogen) atoms. The van der Waals surface area contributed by atoms with Gasteiger partial charge in [0.2, 0.25) is 20.0 Å². The first kappa shape index (κ1) is 24.5. The first-order chi connectivity index (χ1) is 13.8. The van der Waals surface area contributed by atoms with Gasteiger partial charge in [0, 0.05) is 13.1 Å². The van der Waals surface area contributed by atoms with Crippen LogP contribution in [0.5, 0.6) is 0 Å². The van der Waals surface area contributed by atoms with Crippen molar-refractivity contribution in [1.29, 1.82) is 0 Å². The molecule has 0 heterocycles. The van der Waals surface area contributed by atoms with Crippen molar-refractivity contribution in [2.24, 2.45) is 0 Å². The maximum Gasteiger partial charge on any atom is 0.214 e. The van der Waals surface area contributed by atoms with Crippen molar-refractivity contribution in [2.75, 3.05) is 19.3 Å². The lowest BCUT2D eigenvalue weighted by Gasteiger charge is -2.25. The number of aliphatic hydroxyl groups is 1. The summed E-state index contributed by atoms with van der Waals surface area (Å²) in [7, 11) is -6.64. The fourth-order valence-corrected chi connectivity index (χ4v) is 4.06.